The highest BCUT2D eigenvalue weighted by atomic mass is 28.3. The van der Waals surface area contributed by atoms with Crippen LogP contribution in [0.4, 0.5) is 0 Å². The van der Waals surface area contributed by atoms with Gasteiger partial charge in [-0.25, -0.2) is 0 Å². The van der Waals surface area contributed by atoms with Gasteiger partial charge in [-0.15, -0.1) is 0 Å². The van der Waals surface area contributed by atoms with Crippen LogP contribution in [0.5, 0.6) is 0 Å². The van der Waals surface area contributed by atoms with Crippen LogP contribution in [0, 0.1) is 0 Å². The molecule has 0 aliphatic rings. The summed E-state index contributed by atoms with van der Waals surface area (Å²) >= 11 is 0. The lowest BCUT2D eigenvalue weighted by Gasteiger charge is -2.30. The summed E-state index contributed by atoms with van der Waals surface area (Å²) in [5, 5.41) is 0. The summed E-state index contributed by atoms with van der Waals surface area (Å²) in [7, 11) is -1.26. The van der Waals surface area contributed by atoms with Gasteiger partial charge in [-0.3, -0.25) is 0 Å². The molecule has 0 amide bonds. The summed E-state index contributed by atoms with van der Waals surface area (Å²) in [6.07, 6.45) is 1.02. The van der Waals surface area contributed by atoms with Crippen LogP contribution in [0.1, 0.15) is 47.1 Å². The van der Waals surface area contributed by atoms with E-state index in [2.05, 4.69) is 65.8 Å². The van der Waals surface area contributed by atoms with Crippen LogP contribution in [0.15, 0.2) is 30.3 Å². The SMILES string of the molecule is CC(C)(C)O[Si](CCc1ccccc1)OC(C)(C)C. The monoisotopic (exact) mass is 279 g/mol. The highest BCUT2D eigenvalue weighted by molar-refractivity contribution is 6.44. The highest BCUT2D eigenvalue weighted by Crippen LogP contribution is 2.19. The molecule has 0 bridgehead atoms. The van der Waals surface area contributed by atoms with E-state index in [-0.39, 0.29) is 11.2 Å². The maximum atomic E-state index is 6.12. The van der Waals surface area contributed by atoms with Gasteiger partial charge in [0.25, 0.3) is 0 Å². The molecular weight excluding hydrogens is 252 g/mol. The average molecular weight is 279 g/mol. The second kappa shape index (κ2) is 6.68. The second-order valence-electron chi connectivity index (χ2n) is 6.79. The maximum absolute atomic E-state index is 6.12. The van der Waals surface area contributed by atoms with Crippen LogP contribution < -0.4 is 0 Å². The zero-order chi connectivity index (χ0) is 14.5. The molecule has 1 aromatic rings. The van der Waals surface area contributed by atoms with Gasteiger partial charge in [0, 0.05) is 11.2 Å². The summed E-state index contributed by atoms with van der Waals surface area (Å²) in [6.45, 7) is 12.5. The van der Waals surface area contributed by atoms with Gasteiger partial charge in [-0.1, -0.05) is 30.3 Å². The van der Waals surface area contributed by atoms with E-state index in [0.717, 1.165) is 12.5 Å². The second-order valence-corrected chi connectivity index (χ2v) is 8.44. The first kappa shape index (κ1) is 16.4. The Morgan fingerprint density at radius 2 is 1.32 bits per heavy atom. The molecule has 1 aromatic carbocycles. The third kappa shape index (κ3) is 8.19. The van der Waals surface area contributed by atoms with Crippen molar-refractivity contribution in [2.45, 2.75) is 65.2 Å². The largest absolute Gasteiger partial charge is 0.388 e. The Morgan fingerprint density at radius 3 is 1.74 bits per heavy atom. The average Bonchev–Trinajstić information content (AvgIpc) is 2.23. The van der Waals surface area contributed by atoms with Crippen LogP contribution in [0.25, 0.3) is 0 Å². The molecule has 0 N–H and O–H groups in total. The fourth-order valence-electron chi connectivity index (χ4n) is 1.70. The van der Waals surface area contributed by atoms with E-state index >= 15 is 0 Å². The van der Waals surface area contributed by atoms with Crippen molar-refractivity contribution in [3.05, 3.63) is 35.9 Å². The number of aryl methyl sites for hydroxylation is 1. The molecule has 107 valence electrons. The smallest absolute Gasteiger partial charge is 0.385 e. The fourth-order valence-corrected chi connectivity index (χ4v) is 3.80. The summed E-state index contributed by atoms with van der Waals surface area (Å²) in [5.74, 6) is 0. The molecular formula is C16H27O2Si. The van der Waals surface area contributed by atoms with Crippen molar-refractivity contribution in [3.63, 3.8) is 0 Å². The molecule has 0 aliphatic carbocycles. The van der Waals surface area contributed by atoms with E-state index in [1.807, 2.05) is 6.07 Å². The molecule has 2 nitrogen and oxygen atoms in total. The number of hydrogen-bond acceptors (Lipinski definition) is 2. The van der Waals surface area contributed by atoms with E-state index in [1.165, 1.54) is 5.56 Å². The first-order valence-corrected chi connectivity index (χ1v) is 8.46. The van der Waals surface area contributed by atoms with Crippen LogP contribution >= 0.6 is 0 Å². The number of hydrogen-bond donors (Lipinski definition) is 0. The van der Waals surface area contributed by atoms with Crippen molar-refractivity contribution < 1.29 is 8.85 Å². The summed E-state index contributed by atoms with van der Waals surface area (Å²) in [6, 6.07) is 11.5. The molecule has 0 aliphatic heterocycles. The molecule has 0 aromatic heterocycles. The molecule has 0 heterocycles. The van der Waals surface area contributed by atoms with Gasteiger partial charge in [0.2, 0.25) is 0 Å². The highest BCUT2D eigenvalue weighted by Gasteiger charge is 2.28. The minimum Gasteiger partial charge on any atom is -0.388 e. The third-order valence-corrected chi connectivity index (χ3v) is 4.64. The Kier molecular flexibility index (Phi) is 5.77. The van der Waals surface area contributed by atoms with Gasteiger partial charge in [0.15, 0.2) is 0 Å². The normalized spacial score (nSPS) is 13.0. The minimum absolute atomic E-state index is 0.143. The summed E-state index contributed by atoms with van der Waals surface area (Å²) < 4.78 is 12.2. The Bertz CT molecular complexity index is 347. The van der Waals surface area contributed by atoms with Crippen molar-refractivity contribution >= 4 is 9.28 Å². The molecule has 0 fully saturated rings. The number of benzene rings is 1. The molecule has 0 saturated carbocycles. The lowest BCUT2D eigenvalue weighted by atomic mass is 10.2. The molecule has 19 heavy (non-hydrogen) atoms. The van der Waals surface area contributed by atoms with E-state index in [9.17, 15) is 0 Å². The van der Waals surface area contributed by atoms with E-state index in [0.29, 0.717) is 0 Å². The maximum Gasteiger partial charge on any atom is 0.385 e. The predicted molar refractivity (Wildman–Crippen MR) is 82.4 cm³/mol. The van der Waals surface area contributed by atoms with Crippen molar-refractivity contribution in [2.24, 2.45) is 0 Å². The first-order valence-electron chi connectivity index (χ1n) is 6.93. The Morgan fingerprint density at radius 1 is 0.842 bits per heavy atom. The lowest BCUT2D eigenvalue weighted by Crippen LogP contribution is -2.39. The summed E-state index contributed by atoms with van der Waals surface area (Å²) in [4.78, 5) is 0. The Balaban J connectivity index is 2.59. The van der Waals surface area contributed by atoms with E-state index < -0.39 is 9.28 Å². The predicted octanol–water partition coefficient (Wildman–Crippen LogP) is 4.35. The first-order chi connectivity index (χ1) is 8.66. The Hall–Kier alpha value is -0.643. The van der Waals surface area contributed by atoms with Gasteiger partial charge in [0.1, 0.15) is 0 Å². The van der Waals surface area contributed by atoms with Gasteiger partial charge in [-0.05, 0) is 59.6 Å². The Labute approximate surface area is 120 Å². The molecule has 1 rings (SSSR count). The van der Waals surface area contributed by atoms with Crippen molar-refractivity contribution in [3.8, 4) is 0 Å². The quantitative estimate of drug-likeness (QED) is 0.746. The van der Waals surface area contributed by atoms with Crippen LogP contribution in [-0.4, -0.2) is 20.5 Å². The van der Waals surface area contributed by atoms with Crippen molar-refractivity contribution in [1.82, 2.24) is 0 Å². The molecule has 0 spiro atoms. The molecule has 0 atom stereocenters. The molecule has 1 radical (unpaired) electrons. The van der Waals surface area contributed by atoms with Crippen LogP contribution in [0.3, 0.4) is 0 Å². The van der Waals surface area contributed by atoms with Crippen molar-refractivity contribution in [1.29, 1.82) is 0 Å². The van der Waals surface area contributed by atoms with E-state index in [4.69, 9.17) is 8.85 Å². The molecule has 0 unspecified atom stereocenters. The number of rotatable bonds is 5. The molecule has 0 saturated heterocycles. The van der Waals surface area contributed by atoms with E-state index in [1.54, 1.807) is 0 Å². The third-order valence-electron chi connectivity index (χ3n) is 2.30. The molecule has 3 heteroatoms. The zero-order valence-corrected chi connectivity index (χ0v) is 14.1. The van der Waals surface area contributed by atoms with Crippen LogP contribution in [-0.2, 0) is 15.3 Å². The standard InChI is InChI=1S/C16H27O2Si/c1-15(2,3)17-19(18-16(4,5)6)13-12-14-10-8-7-9-11-14/h7-11H,12-13H2,1-6H3. The fraction of sp³-hybridized carbons (Fsp3) is 0.625. The van der Waals surface area contributed by atoms with Crippen LogP contribution in [0.2, 0.25) is 6.04 Å². The lowest BCUT2D eigenvalue weighted by molar-refractivity contribution is 0.0339. The topological polar surface area (TPSA) is 18.5 Å². The van der Waals surface area contributed by atoms with Gasteiger partial charge >= 0.3 is 9.28 Å². The van der Waals surface area contributed by atoms with Gasteiger partial charge < -0.3 is 8.85 Å². The summed E-state index contributed by atoms with van der Waals surface area (Å²) in [5.41, 5.74) is 1.06. The minimum atomic E-state index is -1.26. The zero-order valence-electron chi connectivity index (χ0n) is 13.1. The van der Waals surface area contributed by atoms with Crippen molar-refractivity contribution in [2.75, 3.05) is 0 Å². The van der Waals surface area contributed by atoms with Gasteiger partial charge in [-0.2, -0.15) is 0 Å². The van der Waals surface area contributed by atoms with Gasteiger partial charge in [0.05, 0.1) is 0 Å².